The van der Waals surface area contributed by atoms with Crippen LogP contribution in [0.3, 0.4) is 0 Å². The largest absolute Gasteiger partial charge is 0.491 e. The van der Waals surface area contributed by atoms with Gasteiger partial charge in [0.25, 0.3) is 5.69 Å². The molecule has 3 rings (SSSR count). The zero-order valence-corrected chi connectivity index (χ0v) is 11.6. The Bertz CT molecular complexity index is 681. The first-order valence-electron chi connectivity index (χ1n) is 7.03. The molecule has 1 aliphatic carbocycles. The molecule has 1 heterocycles. The molecule has 1 aromatic heterocycles. The Labute approximate surface area is 122 Å². The monoisotopic (exact) mass is 287 g/mol. The van der Waals surface area contributed by atoms with E-state index >= 15 is 0 Å². The summed E-state index contributed by atoms with van der Waals surface area (Å²) in [5.41, 5.74) is 6.33. The van der Waals surface area contributed by atoms with Crippen LogP contribution in [0, 0.1) is 10.1 Å². The van der Waals surface area contributed by atoms with Crippen LogP contribution in [-0.2, 0) is 0 Å². The van der Waals surface area contributed by atoms with E-state index in [1.54, 1.807) is 18.2 Å². The van der Waals surface area contributed by atoms with Gasteiger partial charge < -0.3 is 10.5 Å². The molecule has 0 unspecified atom stereocenters. The molecule has 6 nitrogen and oxygen atoms in total. The predicted molar refractivity (Wildman–Crippen MR) is 79.3 cm³/mol. The lowest BCUT2D eigenvalue weighted by molar-refractivity contribution is -0.383. The minimum Gasteiger partial charge on any atom is -0.491 e. The van der Waals surface area contributed by atoms with Gasteiger partial charge in [-0.3, -0.25) is 10.1 Å². The third-order valence-electron chi connectivity index (χ3n) is 4.02. The van der Waals surface area contributed by atoms with Gasteiger partial charge in [0.1, 0.15) is 12.4 Å². The molecule has 0 saturated heterocycles. The van der Waals surface area contributed by atoms with Crippen LogP contribution in [0.4, 0.5) is 5.69 Å². The first-order chi connectivity index (χ1) is 10.1. The standard InChI is InChI=1S/C15H17N3O3/c16-15(7-1-2-8-15)10-21-13-6-9-17-14-11(13)4-3-5-12(14)18(19)20/h3-6,9H,1-2,7-8,10,16H2. The van der Waals surface area contributed by atoms with E-state index in [1.165, 1.54) is 12.3 Å². The van der Waals surface area contributed by atoms with Gasteiger partial charge >= 0.3 is 0 Å². The van der Waals surface area contributed by atoms with Gasteiger partial charge in [-0.1, -0.05) is 18.9 Å². The van der Waals surface area contributed by atoms with Crippen LogP contribution in [0.1, 0.15) is 25.7 Å². The van der Waals surface area contributed by atoms with Crippen LogP contribution >= 0.6 is 0 Å². The molecule has 0 spiro atoms. The van der Waals surface area contributed by atoms with Crippen molar-refractivity contribution >= 4 is 16.6 Å². The quantitative estimate of drug-likeness (QED) is 0.689. The van der Waals surface area contributed by atoms with Gasteiger partial charge in [0.15, 0.2) is 5.52 Å². The number of nitro benzene ring substituents is 1. The van der Waals surface area contributed by atoms with E-state index in [9.17, 15) is 10.1 Å². The number of benzene rings is 1. The summed E-state index contributed by atoms with van der Waals surface area (Å²) >= 11 is 0. The van der Waals surface area contributed by atoms with Crippen LogP contribution in [0.5, 0.6) is 5.75 Å². The molecule has 0 aliphatic heterocycles. The Hall–Kier alpha value is -2.21. The molecular weight excluding hydrogens is 270 g/mol. The zero-order valence-electron chi connectivity index (χ0n) is 11.6. The van der Waals surface area contributed by atoms with E-state index in [1.807, 2.05) is 0 Å². The fraction of sp³-hybridized carbons (Fsp3) is 0.400. The molecular formula is C15H17N3O3. The van der Waals surface area contributed by atoms with Gasteiger partial charge in [-0.05, 0) is 25.0 Å². The number of nitrogens with two attached hydrogens (primary N) is 1. The number of ether oxygens (including phenoxy) is 1. The minimum absolute atomic E-state index is 0.0127. The maximum absolute atomic E-state index is 11.0. The van der Waals surface area contributed by atoms with Crippen LogP contribution < -0.4 is 10.5 Å². The lowest BCUT2D eigenvalue weighted by Gasteiger charge is -2.23. The average molecular weight is 287 g/mol. The van der Waals surface area contributed by atoms with E-state index in [0.29, 0.717) is 23.3 Å². The normalized spacial score (nSPS) is 17.0. The number of rotatable bonds is 4. The number of aromatic nitrogens is 1. The third kappa shape index (κ3) is 2.67. The van der Waals surface area contributed by atoms with Crippen molar-refractivity contribution < 1.29 is 9.66 Å². The lowest BCUT2D eigenvalue weighted by atomic mass is 10.0. The summed E-state index contributed by atoms with van der Waals surface area (Å²) in [6.45, 7) is 0.425. The first-order valence-corrected chi connectivity index (χ1v) is 7.03. The molecule has 0 bridgehead atoms. The van der Waals surface area contributed by atoms with Gasteiger partial charge in [-0.2, -0.15) is 0 Å². The van der Waals surface area contributed by atoms with Gasteiger partial charge in [-0.15, -0.1) is 0 Å². The number of para-hydroxylation sites is 1. The van der Waals surface area contributed by atoms with Crippen LogP contribution in [-0.4, -0.2) is 22.1 Å². The van der Waals surface area contributed by atoms with Crippen molar-refractivity contribution in [1.82, 2.24) is 4.98 Å². The highest BCUT2D eigenvalue weighted by Crippen LogP contribution is 2.32. The Morgan fingerprint density at radius 3 is 2.81 bits per heavy atom. The number of pyridine rings is 1. The second kappa shape index (κ2) is 5.29. The molecule has 1 aromatic carbocycles. The van der Waals surface area contributed by atoms with Crippen LogP contribution in [0.25, 0.3) is 10.9 Å². The summed E-state index contributed by atoms with van der Waals surface area (Å²) in [4.78, 5) is 14.7. The van der Waals surface area contributed by atoms with E-state index in [4.69, 9.17) is 10.5 Å². The molecule has 2 N–H and O–H groups in total. The van der Waals surface area contributed by atoms with Crippen molar-refractivity contribution in [1.29, 1.82) is 0 Å². The van der Waals surface area contributed by atoms with E-state index < -0.39 is 4.92 Å². The molecule has 1 aliphatic rings. The van der Waals surface area contributed by atoms with E-state index in [2.05, 4.69) is 4.98 Å². The second-order valence-electron chi connectivity index (χ2n) is 5.60. The Balaban J connectivity index is 1.92. The maximum atomic E-state index is 11.0. The number of nitro groups is 1. The second-order valence-corrected chi connectivity index (χ2v) is 5.60. The van der Waals surface area contributed by atoms with Crippen molar-refractivity contribution in [3.8, 4) is 5.75 Å². The average Bonchev–Trinajstić information content (AvgIpc) is 2.91. The molecule has 0 atom stereocenters. The van der Waals surface area contributed by atoms with E-state index in [0.717, 1.165) is 25.7 Å². The van der Waals surface area contributed by atoms with Crippen molar-refractivity contribution in [3.63, 3.8) is 0 Å². The van der Waals surface area contributed by atoms with Gasteiger partial charge in [0.05, 0.1) is 10.5 Å². The first kappa shape index (κ1) is 13.8. The third-order valence-corrected chi connectivity index (χ3v) is 4.02. The molecule has 2 aromatic rings. The lowest BCUT2D eigenvalue weighted by Crippen LogP contribution is -2.42. The molecule has 0 radical (unpaired) electrons. The highest BCUT2D eigenvalue weighted by molar-refractivity contribution is 5.91. The fourth-order valence-corrected chi connectivity index (χ4v) is 2.85. The van der Waals surface area contributed by atoms with Crippen LogP contribution in [0.2, 0.25) is 0 Å². The topological polar surface area (TPSA) is 91.3 Å². The summed E-state index contributed by atoms with van der Waals surface area (Å²) in [5.74, 6) is 0.598. The number of hydrogen-bond donors (Lipinski definition) is 1. The van der Waals surface area contributed by atoms with E-state index in [-0.39, 0.29) is 11.2 Å². The molecule has 21 heavy (non-hydrogen) atoms. The Morgan fingerprint density at radius 2 is 2.10 bits per heavy atom. The van der Waals surface area contributed by atoms with Crippen LogP contribution in [0.15, 0.2) is 30.5 Å². The number of fused-ring (bicyclic) bond motifs is 1. The number of non-ortho nitro benzene ring substituents is 1. The highest BCUT2D eigenvalue weighted by Gasteiger charge is 2.30. The Morgan fingerprint density at radius 1 is 1.33 bits per heavy atom. The van der Waals surface area contributed by atoms with Crippen molar-refractivity contribution in [2.24, 2.45) is 5.73 Å². The highest BCUT2D eigenvalue weighted by atomic mass is 16.6. The van der Waals surface area contributed by atoms with Crippen molar-refractivity contribution in [3.05, 3.63) is 40.6 Å². The van der Waals surface area contributed by atoms with Gasteiger partial charge in [-0.25, -0.2) is 4.98 Å². The zero-order chi connectivity index (χ0) is 14.9. The predicted octanol–water partition coefficient (Wildman–Crippen LogP) is 2.79. The number of hydrogen-bond acceptors (Lipinski definition) is 5. The number of nitrogens with zero attached hydrogens (tertiary/aromatic N) is 2. The maximum Gasteiger partial charge on any atom is 0.295 e. The molecule has 6 heteroatoms. The SMILES string of the molecule is NC1(COc2ccnc3c([N+](=O)[O-])cccc23)CCCC1. The molecule has 110 valence electrons. The summed E-state index contributed by atoms with van der Waals surface area (Å²) in [6.07, 6.45) is 5.69. The minimum atomic E-state index is -0.430. The summed E-state index contributed by atoms with van der Waals surface area (Å²) in [7, 11) is 0. The van der Waals surface area contributed by atoms with Crippen molar-refractivity contribution in [2.45, 2.75) is 31.2 Å². The van der Waals surface area contributed by atoms with Gasteiger partial charge in [0.2, 0.25) is 0 Å². The fourth-order valence-electron chi connectivity index (χ4n) is 2.85. The Kier molecular flexibility index (Phi) is 3.47. The van der Waals surface area contributed by atoms with Gasteiger partial charge in [0, 0.05) is 17.6 Å². The summed E-state index contributed by atoms with van der Waals surface area (Å²) in [6, 6.07) is 6.59. The summed E-state index contributed by atoms with van der Waals surface area (Å²) < 4.78 is 5.85. The summed E-state index contributed by atoms with van der Waals surface area (Å²) in [5, 5.41) is 11.7. The smallest absolute Gasteiger partial charge is 0.295 e. The van der Waals surface area contributed by atoms with Crippen molar-refractivity contribution in [2.75, 3.05) is 6.61 Å². The molecule has 1 fully saturated rings. The molecule has 1 saturated carbocycles. The molecule has 0 amide bonds.